The molecule has 0 aliphatic rings. The van der Waals surface area contributed by atoms with Gasteiger partial charge in [0.15, 0.2) is 0 Å². The third-order valence-electron chi connectivity index (χ3n) is 3.84. The Morgan fingerprint density at radius 1 is 1.38 bits per heavy atom. The van der Waals surface area contributed by atoms with Gasteiger partial charge >= 0.3 is 0 Å². The first-order chi connectivity index (χ1) is 11.8. The normalized spacial score (nSPS) is 10.9. The summed E-state index contributed by atoms with van der Waals surface area (Å²) < 4.78 is 1.14. The highest BCUT2D eigenvalue weighted by Crippen LogP contribution is 2.37. The van der Waals surface area contributed by atoms with Crippen LogP contribution in [0.15, 0.2) is 23.6 Å². The summed E-state index contributed by atoms with van der Waals surface area (Å²) in [5.41, 5.74) is 9.48. The van der Waals surface area contributed by atoms with Crippen molar-refractivity contribution in [3.8, 4) is 6.07 Å². The molecule has 0 aliphatic heterocycles. The highest BCUT2D eigenvalue weighted by atomic mass is 32.1. The Balaban J connectivity index is 2.06. The zero-order valence-corrected chi connectivity index (χ0v) is 15.3. The second-order valence-electron chi connectivity index (χ2n) is 5.57. The van der Waals surface area contributed by atoms with E-state index in [1.54, 1.807) is 22.7 Å². The van der Waals surface area contributed by atoms with Crippen molar-refractivity contribution in [3.05, 3.63) is 44.6 Å². The highest BCUT2D eigenvalue weighted by Gasteiger charge is 2.17. The second kappa shape index (κ2) is 7.75. The van der Waals surface area contributed by atoms with Gasteiger partial charge in [-0.1, -0.05) is 19.4 Å². The average molecular weight is 357 g/mol. The van der Waals surface area contributed by atoms with E-state index in [0.717, 1.165) is 41.7 Å². The van der Waals surface area contributed by atoms with Crippen LogP contribution in [0.25, 0.3) is 10.2 Å². The van der Waals surface area contributed by atoms with E-state index in [4.69, 9.17) is 5.73 Å². The lowest BCUT2D eigenvalue weighted by molar-refractivity contribution is 0.897. The number of nitrogens with two attached hydrogens (primary N) is 1. The Bertz CT molecular complexity index is 859. The van der Waals surface area contributed by atoms with Crippen molar-refractivity contribution in [1.82, 2.24) is 4.98 Å². The highest BCUT2D eigenvalue weighted by molar-refractivity contribution is 7.19. The molecule has 0 aromatic carbocycles. The van der Waals surface area contributed by atoms with Gasteiger partial charge in [0.1, 0.15) is 11.8 Å². The molecule has 3 heterocycles. The predicted molar refractivity (Wildman–Crippen MR) is 103 cm³/mol. The van der Waals surface area contributed by atoms with Gasteiger partial charge in [-0.05, 0) is 42.5 Å². The fourth-order valence-corrected chi connectivity index (χ4v) is 4.72. The molecule has 0 spiro atoms. The molecule has 0 atom stereocenters. The van der Waals surface area contributed by atoms with Crippen LogP contribution in [0.4, 0.5) is 5.69 Å². The van der Waals surface area contributed by atoms with Crippen LogP contribution >= 0.6 is 22.7 Å². The lowest BCUT2D eigenvalue weighted by atomic mass is 10.1. The zero-order chi connectivity index (χ0) is 16.9. The molecule has 0 radical (unpaired) electrons. The van der Waals surface area contributed by atoms with Crippen molar-refractivity contribution < 1.29 is 0 Å². The minimum absolute atomic E-state index is 0.464. The average Bonchev–Trinajstić information content (AvgIpc) is 3.22. The van der Waals surface area contributed by atoms with Gasteiger partial charge in [0.2, 0.25) is 0 Å². The molecular weight excluding hydrogens is 336 g/mol. The van der Waals surface area contributed by atoms with Gasteiger partial charge in [0.05, 0.1) is 15.9 Å². The quantitative estimate of drug-likeness (QED) is 0.662. The first kappa shape index (κ1) is 16.9. The first-order valence-corrected chi connectivity index (χ1v) is 9.78. The molecule has 0 unspecified atom stereocenters. The van der Waals surface area contributed by atoms with Crippen molar-refractivity contribution in [2.45, 2.75) is 32.7 Å². The Morgan fingerprint density at radius 2 is 2.25 bits per heavy atom. The molecule has 3 aromatic rings. The molecule has 3 N–H and O–H groups in total. The number of thiophene rings is 2. The molecule has 0 saturated heterocycles. The molecule has 124 valence electrons. The number of aryl methyl sites for hydroxylation is 1. The number of nitrogens with zero attached hydrogens (tertiary/aromatic N) is 2. The van der Waals surface area contributed by atoms with Crippen molar-refractivity contribution in [1.29, 1.82) is 5.26 Å². The largest absolute Gasteiger partial charge is 0.379 e. The summed E-state index contributed by atoms with van der Waals surface area (Å²) in [6.45, 7) is 3.56. The van der Waals surface area contributed by atoms with Gasteiger partial charge < -0.3 is 11.1 Å². The third kappa shape index (κ3) is 3.44. The Hall–Kier alpha value is -1.94. The van der Waals surface area contributed by atoms with E-state index < -0.39 is 0 Å². The molecule has 0 amide bonds. The maximum absolute atomic E-state index is 9.35. The Morgan fingerprint density at radius 3 is 2.92 bits per heavy atom. The smallest absolute Gasteiger partial charge is 0.143 e. The van der Waals surface area contributed by atoms with Crippen LogP contribution in [0.1, 0.15) is 34.4 Å². The molecule has 0 aliphatic carbocycles. The van der Waals surface area contributed by atoms with Crippen LogP contribution < -0.4 is 11.1 Å². The summed E-state index contributed by atoms with van der Waals surface area (Å²) in [5, 5.41) is 14.9. The van der Waals surface area contributed by atoms with E-state index in [9.17, 15) is 5.26 Å². The molecule has 3 rings (SSSR count). The van der Waals surface area contributed by atoms with Crippen LogP contribution in [0.5, 0.6) is 0 Å². The number of hydrogen-bond acceptors (Lipinski definition) is 6. The number of aromatic nitrogens is 1. The van der Waals surface area contributed by atoms with Gasteiger partial charge in [-0.25, -0.2) is 4.98 Å². The van der Waals surface area contributed by atoms with E-state index in [-0.39, 0.29) is 0 Å². The van der Waals surface area contributed by atoms with Gasteiger partial charge in [-0.3, -0.25) is 0 Å². The number of pyridine rings is 1. The fourth-order valence-electron chi connectivity index (χ4n) is 2.78. The Kier molecular flexibility index (Phi) is 5.46. The van der Waals surface area contributed by atoms with E-state index >= 15 is 0 Å². The van der Waals surface area contributed by atoms with E-state index in [0.29, 0.717) is 12.2 Å². The van der Waals surface area contributed by atoms with Crippen molar-refractivity contribution in [2.75, 3.05) is 11.9 Å². The molecule has 4 nitrogen and oxygen atoms in total. The van der Waals surface area contributed by atoms with Crippen molar-refractivity contribution in [3.63, 3.8) is 0 Å². The summed E-state index contributed by atoms with van der Waals surface area (Å²) in [7, 11) is 0. The minimum Gasteiger partial charge on any atom is -0.379 e. The number of fused-ring (bicyclic) bond motifs is 1. The predicted octanol–water partition coefficient (Wildman–Crippen LogP) is 4.30. The molecular formula is C18H20N4S2. The summed E-state index contributed by atoms with van der Waals surface area (Å²) in [5.74, 6) is 0. The monoisotopic (exact) mass is 356 g/mol. The maximum atomic E-state index is 9.35. The van der Waals surface area contributed by atoms with Crippen LogP contribution in [0, 0.1) is 11.3 Å². The molecule has 0 bridgehead atoms. The van der Waals surface area contributed by atoms with E-state index in [2.05, 4.69) is 34.7 Å². The molecule has 0 fully saturated rings. The Labute approximate surface area is 150 Å². The number of hydrogen-bond donors (Lipinski definition) is 2. The topological polar surface area (TPSA) is 74.7 Å². The number of rotatable bonds is 7. The van der Waals surface area contributed by atoms with Crippen LogP contribution in [-0.2, 0) is 19.4 Å². The number of nitriles is 1. The molecule has 6 heteroatoms. The molecule has 0 saturated carbocycles. The van der Waals surface area contributed by atoms with E-state index in [1.165, 1.54) is 15.3 Å². The van der Waals surface area contributed by atoms with Gasteiger partial charge in [0.25, 0.3) is 0 Å². The summed E-state index contributed by atoms with van der Waals surface area (Å²) >= 11 is 3.49. The third-order valence-corrected chi connectivity index (χ3v) is 6.03. The van der Waals surface area contributed by atoms with Crippen molar-refractivity contribution in [2.24, 2.45) is 5.73 Å². The zero-order valence-electron chi connectivity index (χ0n) is 13.6. The summed E-state index contributed by atoms with van der Waals surface area (Å²) in [4.78, 5) is 7.16. The van der Waals surface area contributed by atoms with Crippen LogP contribution in [0.2, 0.25) is 0 Å². The van der Waals surface area contributed by atoms with Crippen LogP contribution in [0.3, 0.4) is 0 Å². The number of nitrogens with one attached hydrogen (secondary N) is 1. The minimum atomic E-state index is 0.464. The molecule has 24 heavy (non-hydrogen) atoms. The number of anilines is 1. The van der Waals surface area contributed by atoms with Gasteiger partial charge in [0, 0.05) is 16.3 Å². The van der Waals surface area contributed by atoms with Gasteiger partial charge in [-0.15, -0.1) is 22.7 Å². The van der Waals surface area contributed by atoms with Crippen molar-refractivity contribution >= 4 is 38.6 Å². The van der Waals surface area contributed by atoms with Crippen LogP contribution in [-0.4, -0.2) is 11.5 Å². The maximum Gasteiger partial charge on any atom is 0.143 e. The molecule has 3 aromatic heterocycles. The standard InChI is InChI=1S/C18H20N4S2/c1-2-4-14-16(6-7-19)24-18-15(9-12(10-20)22-17(14)18)21-11-13-5-3-8-23-13/h3,5,8-9H,2,4,6-7,11,19H2,1H3,(H,21,22). The lowest BCUT2D eigenvalue weighted by Crippen LogP contribution is -2.03. The van der Waals surface area contributed by atoms with Gasteiger partial charge in [-0.2, -0.15) is 5.26 Å². The lowest BCUT2D eigenvalue weighted by Gasteiger charge is -2.07. The second-order valence-corrected chi connectivity index (χ2v) is 7.71. The summed E-state index contributed by atoms with van der Waals surface area (Å²) in [6, 6.07) is 8.21. The SMILES string of the molecule is CCCc1c(CCN)sc2c(NCc3cccs3)cc(C#N)nc12. The first-order valence-electron chi connectivity index (χ1n) is 8.08. The summed E-state index contributed by atoms with van der Waals surface area (Å²) in [6.07, 6.45) is 2.89. The van der Waals surface area contributed by atoms with E-state index in [1.807, 2.05) is 12.1 Å². The fraction of sp³-hybridized carbons (Fsp3) is 0.333.